The molecule has 3 aromatic rings. The predicted octanol–water partition coefficient (Wildman–Crippen LogP) is 3.86. The smallest absolute Gasteiger partial charge is 0.227 e. The van der Waals surface area contributed by atoms with Crippen molar-refractivity contribution in [3.8, 4) is 16.9 Å². The standard InChI is InChI=1S/C27H27FN2O3/c1-33-25-9-5-4-8-24(25)23-7-3-2-6-20(23)17-21-18-30(15-14-29-27(21)32)26(31)16-19-10-12-22(28)13-11-19/h2-13,21H,14-18H2,1H3,(H,29,32)/t21-/m0/s1. The van der Waals surface area contributed by atoms with Crippen molar-refractivity contribution in [1.82, 2.24) is 10.2 Å². The first kappa shape index (κ1) is 22.5. The third-order valence-corrected chi connectivity index (χ3v) is 5.99. The zero-order valence-corrected chi connectivity index (χ0v) is 18.6. The number of ether oxygens (including phenoxy) is 1. The van der Waals surface area contributed by atoms with Crippen LogP contribution < -0.4 is 10.1 Å². The van der Waals surface area contributed by atoms with Crippen molar-refractivity contribution in [3.63, 3.8) is 0 Å². The van der Waals surface area contributed by atoms with E-state index >= 15 is 0 Å². The van der Waals surface area contributed by atoms with Crippen molar-refractivity contribution >= 4 is 11.8 Å². The van der Waals surface area contributed by atoms with E-state index in [1.807, 2.05) is 48.5 Å². The first-order chi connectivity index (χ1) is 16.0. The lowest BCUT2D eigenvalue weighted by atomic mass is 9.91. The number of halogens is 1. The zero-order valence-electron chi connectivity index (χ0n) is 18.6. The highest BCUT2D eigenvalue weighted by Gasteiger charge is 2.28. The number of nitrogens with one attached hydrogen (secondary N) is 1. The van der Waals surface area contributed by atoms with Crippen LogP contribution in [0.3, 0.4) is 0 Å². The second-order valence-electron chi connectivity index (χ2n) is 8.19. The van der Waals surface area contributed by atoms with Gasteiger partial charge in [-0.1, -0.05) is 54.6 Å². The van der Waals surface area contributed by atoms with Crippen molar-refractivity contribution < 1.29 is 18.7 Å². The molecule has 0 radical (unpaired) electrons. The summed E-state index contributed by atoms with van der Waals surface area (Å²) in [5, 5.41) is 2.95. The third-order valence-electron chi connectivity index (χ3n) is 5.99. The second kappa shape index (κ2) is 10.3. The minimum absolute atomic E-state index is 0.0538. The Morgan fingerprint density at radius 2 is 1.73 bits per heavy atom. The van der Waals surface area contributed by atoms with E-state index in [4.69, 9.17) is 4.74 Å². The number of para-hydroxylation sites is 1. The van der Waals surface area contributed by atoms with E-state index < -0.39 is 0 Å². The van der Waals surface area contributed by atoms with Gasteiger partial charge in [-0.15, -0.1) is 0 Å². The molecule has 5 nitrogen and oxygen atoms in total. The quantitative estimate of drug-likeness (QED) is 0.626. The molecule has 0 aromatic heterocycles. The molecule has 1 N–H and O–H groups in total. The number of carbonyl (C=O) groups is 2. The van der Waals surface area contributed by atoms with Crippen molar-refractivity contribution in [2.45, 2.75) is 12.8 Å². The summed E-state index contributed by atoms with van der Waals surface area (Å²) in [7, 11) is 1.64. The van der Waals surface area contributed by atoms with E-state index in [1.54, 1.807) is 24.1 Å². The van der Waals surface area contributed by atoms with Gasteiger partial charge in [-0.25, -0.2) is 4.39 Å². The van der Waals surface area contributed by atoms with Crippen LogP contribution in [0, 0.1) is 11.7 Å². The summed E-state index contributed by atoms with van der Waals surface area (Å²) in [6, 6.07) is 21.7. The fourth-order valence-corrected chi connectivity index (χ4v) is 4.26. The lowest BCUT2D eigenvalue weighted by molar-refractivity contribution is -0.131. The van der Waals surface area contributed by atoms with E-state index in [0.29, 0.717) is 26.1 Å². The number of amides is 2. The number of nitrogens with zero attached hydrogens (tertiary/aromatic N) is 1. The minimum atomic E-state index is -0.375. The molecule has 0 spiro atoms. The fraction of sp³-hybridized carbons (Fsp3) is 0.259. The molecule has 1 saturated heterocycles. The van der Waals surface area contributed by atoms with Gasteiger partial charge in [-0.2, -0.15) is 0 Å². The number of carbonyl (C=O) groups excluding carboxylic acids is 2. The van der Waals surface area contributed by atoms with Crippen LogP contribution in [0.1, 0.15) is 11.1 Å². The average Bonchev–Trinajstić information content (AvgIpc) is 3.02. The van der Waals surface area contributed by atoms with Crippen LogP contribution in [-0.4, -0.2) is 43.5 Å². The third kappa shape index (κ3) is 5.40. The van der Waals surface area contributed by atoms with Gasteiger partial charge in [-0.05, 0) is 41.3 Å². The minimum Gasteiger partial charge on any atom is -0.496 e. The lowest BCUT2D eigenvalue weighted by Gasteiger charge is -2.24. The van der Waals surface area contributed by atoms with Crippen LogP contribution in [0.25, 0.3) is 11.1 Å². The van der Waals surface area contributed by atoms with Gasteiger partial charge in [-0.3, -0.25) is 9.59 Å². The molecule has 33 heavy (non-hydrogen) atoms. The molecular formula is C27H27FN2O3. The van der Waals surface area contributed by atoms with E-state index in [2.05, 4.69) is 5.32 Å². The summed E-state index contributed by atoms with van der Waals surface area (Å²) in [6.07, 6.45) is 0.680. The molecule has 6 heteroatoms. The van der Waals surface area contributed by atoms with Gasteiger partial charge >= 0.3 is 0 Å². The van der Waals surface area contributed by atoms with Crippen LogP contribution >= 0.6 is 0 Å². The average molecular weight is 447 g/mol. The monoisotopic (exact) mass is 446 g/mol. The predicted molar refractivity (Wildman–Crippen MR) is 125 cm³/mol. The number of methoxy groups -OCH3 is 1. The van der Waals surface area contributed by atoms with Crippen LogP contribution in [-0.2, 0) is 22.4 Å². The Bertz CT molecular complexity index is 1130. The van der Waals surface area contributed by atoms with Gasteiger partial charge in [0.15, 0.2) is 0 Å². The summed E-state index contributed by atoms with van der Waals surface area (Å²) in [6.45, 7) is 1.21. The normalized spacial score (nSPS) is 16.1. The SMILES string of the molecule is COc1ccccc1-c1ccccc1C[C@H]1CN(C(=O)Cc2ccc(F)cc2)CCNC1=O. The van der Waals surface area contributed by atoms with Crippen LogP contribution in [0.5, 0.6) is 5.75 Å². The number of benzene rings is 3. The van der Waals surface area contributed by atoms with E-state index in [-0.39, 0.29) is 30.0 Å². The van der Waals surface area contributed by atoms with Gasteiger partial charge in [0, 0.05) is 25.2 Å². The highest BCUT2D eigenvalue weighted by Crippen LogP contribution is 2.33. The first-order valence-electron chi connectivity index (χ1n) is 11.1. The molecule has 3 aromatic carbocycles. The van der Waals surface area contributed by atoms with Crippen molar-refractivity contribution in [2.75, 3.05) is 26.7 Å². The van der Waals surface area contributed by atoms with Crippen LogP contribution in [0.15, 0.2) is 72.8 Å². The molecule has 0 unspecified atom stereocenters. The molecule has 2 amide bonds. The highest BCUT2D eigenvalue weighted by atomic mass is 19.1. The lowest BCUT2D eigenvalue weighted by Crippen LogP contribution is -2.38. The summed E-state index contributed by atoms with van der Waals surface area (Å²) in [5.41, 5.74) is 3.75. The van der Waals surface area contributed by atoms with Crippen molar-refractivity contribution in [3.05, 3.63) is 89.7 Å². The van der Waals surface area contributed by atoms with Crippen molar-refractivity contribution in [2.24, 2.45) is 5.92 Å². The number of hydrogen-bond acceptors (Lipinski definition) is 3. The van der Waals surface area contributed by atoms with Crippen molar-refractivity contribution in [1.29, 1.82) is 0 Å². The van der Waals surface area contributed by atoms with E-state index in [9.17, 15) is 14.0 Å². The van der Waals surface area contributed by atoms with E-state index in [1.165, 1.54) is 12.1 Å². The van der Waals surface area contributed by atoms with Crippen LogP contribution in [0.2, 0.25) is 0 Å². The molecule has 1 heterocycles. The first-order valence-corrected chi connectivity index (χ1v) is 11.1. The topological polar surface area (TPSA) is 58.6 Å². The van der Waals surface area contributed by atoms with Gasteiger partial charge in [0.05, 0.1) is 19.4 Å². The molecule has 0 aliphatic carbocycles. The Hall–Kier alpha value is -3.67. The molecule has 170 valence electrons. The Kier molecular flexibility index (Phi) is 7.03. The molecule has 1 atom stereocenters. The Morgan fingerprint density at radius 3 is 2.48 bits per heavy atom. The molecule has 4 rings (SSSR count). The molecule has 0 saturated carbocycles. The Morgan fingerprint density at radius 1 is 1.03 bits per heavy atom. The molecule has 1 aliphatic heterocycles. The maximum absolute atomic E-state index is 13.2. The molecule has 1 fully saturated rings. The highest BCUT2D eigenvalue weighted by molar-refractivity contribution is 5.83. The maximum atomic E-state index is 13.2. The Balaban J connectivity index is 1.54. The summed E-state index contributed by atoms with van der Waals surface area (Å²) >= 11 is 0. The largest absolute Gasteiger partial charge is 0.496 e. The molecule has 1 aliphatic rings. The molecule has 0 bridgehead atoms. The number of rotatable bonds is 6. The fourth-order valence-electron chi connectivity index (χ4n) is 4.26. The van der Waals surface area contributed by atoms with Gasteiger partial charge in [0.1, 0.15) is 11.6 Å². The van der Waals surface area contributed by atoms with Crippen LogP contribution in [0.4, 0.5) is 4.39 Å². The molecular weight excluding hydrogens is 419 g/mol. The van der Waals surface area contributed by atoms with Gasteiger partial charge in [0.2, 0.25) is 11.8 Å². The second-order valence-corrected chi connectivity index (χ2v) is 8.19. The van der Waals surface area contributed by atoms with Gasteiger partial charge in [0.25, 0.3) is 0 Å². The Labute approximate surface area is 193 Å². The number of hydrogen-bond donors (Lipinski definition) is 1. The van der Waals surface area contributed by atoms with E-state index in [0.717, 1.165) is 28.0 Å². The van der Waals surface area contributed by atoms with Gasteiger partial charge < -0.3 is 15.0 Å². The summed E-state index contributed by atoms with van der Waals surface area (Å²) in [4.78, 5) is 27.5. The summed E-state index contributed by atoms with van der Waals surface area (Å²) < 4.78 is 18.7. The maximum Gasteiger partial charge on any atom is 0.227 e. The summed E-state index contributed by atoms with van der Waals surface area (Å²) in [5.74, 6) is -0.0560. The zero-order chi connectivity index (χ0) is 23.2.